The van der Waals surface area contributed by atoms with Crippen LogP contribution >= 0.6 is 11.6 Å². The minimum atomic E-state index is -0.161. The topological polar surface area (TPSA) is 89.0 Å². The Morgan fingerprint density at radius 1 is 1.29 bits per heavy atom. The first-order chi connectivity index (χ1) is 11.7. The zero-order valence-corrected chi connectivity index (χ0v) is 14.0. The van der Waals surface area contributed by atoms with Crippen LogP contribution in [0, 0.1) is 0 Å². The van der Waals surface area contributed by atoms with E-state index < -0.39 is 0 Å². The van der Waals surface area contributed by atoms with E-state index in [2.05, 4.69) is 25.6 Å². The van der Waals surface area contributed by atoms with Crippen LogP contribution < -0.4 is 15.4 Å². The van der Waals surface area contributed by atoms with E-state index in [1.54, 1.807) is 37.6 Å². The average molecular weight is 348 g/mol. The molecular weight excluding hydrogens is 330 g/mol. The third kappa shape index (κ3) is 6.21. The highest BCUT2D eigenvalue weighted by Crippen LogP contribution is 2.10. The van der Waals surface area contributed by atoms with Crippen molar-refractivity contribution < 1.29 is 9.53 Å². The molecule has 2 aromatic heterocycles. The number of halogens is 1. The van der Waals surface area contributed by atoms with Crippen LogP contribution in [0.5, 0.6) is 5.88 Å². The van der Waals surface area contributed by atoms with Crippen molar-refractivity contribution in [2.24, 2.45) is 0 Å². The van der Waals surface area contributed by atoms with Crippen LogP contribution in [0.2, 0.25) is 5.15 Å². The summed E-state index contributed by atoms with van der Waals surface area (Å²) in [6, 6.07) is 5.17. The molecule has 0 aliphatic carbocycles. The molecule has 24 heavy (non-hydrogen) atoms. The van der Waals surface area contributed by atoms with Gasteiger partial charge in [-0.2, -0.15) is 0 Å². The number of amides is 1. The molecule has 126 valence electrons. The number of aromatic nitrogens is 3. The molecule has 1 amide bonds. The number of pyridine rings is 1. The van der Waals surface area contributed by atoms with E-state index in [1.807, 2.05) is 0 Å². The standard InChI is InChI=1S/C16H18ClN5O2/c1-24-16-10-14(21-11-22-16)19-6-2-7-20-15(23)4-3-12-5-8-18-13(17)9-12/h3-5,8-11H,2,6-7H2,1H3,(H,20,23)(H,19,21,22). The molecular formula is C16H18ClN5O2. The summed E-state index contributed by atoms with van der Waals surface area (Å²) in [5.74, 6) is 1.02. The maximum absolute atomic E-state index is 11.7. The summed E-state index contributed by atoms with van der Waals surface area (Å²) in [6.07, 6.45) is 6.93. The van der Waals surface area contributed by atoms with E-state index in [9.17, 15) is 4.79 Å². The summed E-state index contributed by atoms with van der Waals surface area (Å²) in [4.78, 5) is 23.6. The van der Waals surface area contributed by atoms with Crippen LogP contribution in [-0.2, 0) is 4.79 Å². The van der Waals surface area contributed by atoms with Gasteiger partial charge in [0.25, 0.3) is 0 Å². The fraction of sp³-hybridized carbons (Fsp3) is 0.250. The molecule has 0 atom stereocenters. The van der Waals surface area contributed by atoms with Crippen molar-refractivity contribution in [1.82, 2.24) is 20.3 Å². The second-order valence-electron chi connectivity index (χ2n) is 4.76. The highest BCUT2D eigenvalue weighted by molar-refractivity contribution is 6.29. The zero-order chi connectivity index (χ0) is 17.2. The Morgan fingerprint density at radius 2 is 2.17 bits per heavy atom. The predicted molar refractivity (Wildman–Crippen MR) is 93.0 cm³/mol. The molecule has 0 aromatic carbocycles. The number of ether oxygens (including phenoxy) is 1. The highest BCUT2D eigenvalue weighted by atomic mass is 35.5. The van der Waals surface area contributed by atoms with Crippen molar-refractivity contribution in [1.29, 1.82) is 0 Å². The van der Waals surface area contributed by atoms with Crippen molar-refractivity contribution >= 4 is 29.4 Å². The average Bonchev–Trinajstić information content (AvgIpc) is 2.60. The molecule has 2 aromatic rings. The van der Waals surface area contributed by atoms with Gasteiger partial charge < -0.3 is 15.4 Å². The van der Waals surface area contributed by atoms with Crippen LogP contribution in [0.3, 0.4) is 0 Å². The minimum Gasteiger partial charge on any atom is -0.481 e. The first-order valence-corrected chi connectivity index (χ1v) is 7.72. The Morgan fingerprint density at radius 3 is 2.96 bits per heavy atom. The number of rotatable bonds is 8. The molecule has 0 aliphatic rings. The molecule has 0 radical (unpaired) electrons. The molecule has 0 spiro atoms. The molecule has 8 heteroatoms. The summed E-state index contributed by atoms with van der Waals surface area (Å²) >= 11 is 5.78. The van der Waals surface area contributed by atoms with Gasteiger partial charge in [0.1, 0.15) is 17.3 Å². The van der Waals surface area contributed by atoms with Gasteiger partial charge in [0.15, 0.2) is 0 Å². The Bertz CT molecular complexity index is 708. The Kier molecular flexibility index (Phi) is 6.97. The number of carbonyl (C=O) groups is 1. The number of hydrogen-bond acceptors (Lipinski definition) is 6. The van der Waals surface area contributed by atoms with Gasteiger partial charge in [-0.25, -0.2) is 15.0 Å². The molecule has 0 saturated carbocycles. The SMILES string of the molecule is COc1cc(NCCCNC(=O)C=Cc2ccnc(Cl)c2)ncn1. The third-order valence-corrected chi connectivity index (χ3v) is 3.19. The summed E-state index contributed by atoms with van der Waals surface area (Å²) < 4.78 is 5.02. The Balaban J connectivity index is 1.65. The van der Waals surface area contributed by atoms with Crippen LogP contribution in [0.15, 0.2) is 36.8 Å². The van der Waals surface area contributed by atoms with Crippen LogP contribution in [-0.4, -0.2) is 41.1 Å². The van der Waals surface area contributed by atoms with Crippen molar-refractivity contribution in [3.63, 3.8) is 0 Å². The summed E-state index contributed by atoms with van der Waals surface area (Å²) in [6.45, 7) is 1.22. The van der Waals surface area contributed by atoms with Gasteiger partial charge in [0.2, 0.25) is 11.8 Å². The molecule has 0 saturated heterocycles. The molecule has 0 aliphatic heterocycles. The van der Waals surface area contributed by atoms with Crippen LogP contribution in [0.25, 0.3) is 6.08 Å². The molecule has 0 bridgehead atoms. The van der Waals surface area contributed by atoms with E-state index in [-0.39, 0.29) is 5.91 Å². The van der Waals surface area contributed by atoms with Crippen molar-refractivity contribution in [2.75, 3.05) is 25.5 Å². The number of hydrogen-bond donors (Lipinski definition) is 2. The van der Waals surface area contributed by atoms with Crippen LogP contribution in [0.4, 0.5) is 5.82 Å². The first-order valence-electron chi connectivity index (χ1n) is 7.35. The smallest absolute Gasteiger partial charge is 0.244 e. The number of carbonyl (C=O) groups excluding carboxylic acids is 1. The van der Waals surface area contributed by atoms with E-state index in [0.717, 1.165) is 12.0 Å². The molecule has 0 fully saturated rings. The minimum absolute atomic E-state index is 0.161. The number of nitrogens with one attached hydrogen (secondary N) is 2. The number of methoxy groups -OCH3 is 1. The lowest BCUT2D eigenvalue weighted by atomic mass is 10.2. The van der Waals surface area contributed by atoms with Gasteiger partial charge in [-0.1, -0.05) is 11.6 Å². The second kappa shape index (κ2) is 9.46. The third-order valence-electron chi connectivity index (χ3n) is 2.99. The second-order valence-corrected chi connectivity index (χ2v) is 5.15. The highest BCUT2D eigenvalue weighted by Gasteiger charge is 1.99. The summed E-state index contributed by atoms with van der Waals surface area (Å²) in [5, 5.41) is 6.33. The fourth-order valence-electron chi connectivity index (χ4n) is 1.82. The maximum Gasteiger partial charge on any atom is 0.244 e. The van der Waals surface area contributed by atoms with E-state index in [0.29, 0.717) is 29.9 Å². The van der Waals surface area contributed by atoms with Crippen molar-refractivity contribution in [3.8, 4) is 5.88 Å². The van der Waals surface area contributed by atoms with Gasteiger partial charge in [0, 0.05) is 31.4 Å². The molecule has 7 nitrogen and oxygen atoms in total. The summed E-state index contributed by atoms with van der Waals surface area (Å²) in [5.41, 5.74) is 0.824. The Labute approximate surface area is 145 Å². The lowest BCUT2D eigenvalue weighted by Gasteiger charge is -2.06. The molecule has 2 N–H and O–H groups in total. The molecule has 0 unspecified atom stereocenters. The fourth-order valence-corrected chi connectivity index (χ4v) is 2.00. The Hall–Kier alpha value is -2.67. The van der Waals surface area contributed by atoms with E-state index in [4.69, 9.17) is 16.3 Å². The van der Waals surface area contributed by atoms with Gasteiger partial charge in [-0.05, 0) is 30.2 Å². The van der Waals surface area contributed by atoms with Crippen molar-refractivity contribution in [2.45, 2.75) is 6.42 Å². The van der Waals surface area contributed by atoms with Crippen LogP contribution in [0.1, 0.15) is 12.0 Å². The maximum atomic E-state index is 11.7. The van der Waals surface area contributed by atoms with Gasteiger partial charge >= 0.3 is 0 Å². The van der Waals surface area contributed by atoms with E-state index >= 15 is 0 Å². The number of anilines is 1. The zero-order valence-electron chi connectivity index (χ0n) is 13.2. The molecule has 2 rings (SSSR count). The first kappa shape index (κ1) is 17.7. The number of nitrogens with zero attached hydrogens (tertiary/aromatic N) is 3. The largest absolute Gasteiger partial charge is 0.481 e. The lowest BCUT2D eigenvalue weighted by Crippen LogP contribution is -2.23. The lowest BCUT2D eigenvalue weighted by molar-refractivity contribution is -0.116. The van der Waals surface area contributed by atoms with Gasteiger partial charge in [-0.15, -0.1) is 0 Å². The predicted octanol–water partition coefficient (Wildman–Crippen LogP) is 2.17. The normalized spacial score (nSPS) is 10.6. The van der Waals surface area contributed by atoms with Gasteiger partial charge in [0.05, 0.1) is 7.11 Å². The monoisotopic (exact) mass is 347 g/mol. The summed E-state index contributed by atoms with van der Waals surface area (Å²) in [7, 11) is 1.55. The van der Waals surface area contributed by atoms with E-state index in [1.165, 1.54) is 12.4 Å². The van der Waals surface area contributed by atoms with Crippen molar-refractivity contribution in [3.05, 3.63) is 47.5 Å². The van der Waals surface area contributed by atoms with Gasteiger partial charge in [-0.3, -0.25) is 4.79 Å². The molecule has 2 heterocycles. The quantitative estimate of drug-likeness (QED) is 0.432.